The van der Waals surface area contributed by atoms with E-state index in [1.807, 2.05) is 6.92 Å². The Morgan fingerprint density at radius 2 is 2.11 bits per heavy atom. The molecule has 0 bridgehead atoms. The number of rotatable bonds is 4. The topological polar surface area (TPSA) is 41.1 Å². The molecule has 18 heavy (non-hydrogen) atoms. The fraction of sp³-hybridized carbons (Fsp3) is 0.462. The Kier molecular flexibility index (Phi) is 5.59. The van der Waals surface area contributed by atoms with Crippen molar-refractivity contribution in [2.45, 2.75) is 33.2 Å². The largest absolute Gasteiger partial charge is 0.335 e. The number of nitrogens with one attached hydrogen (secondary N) is 2. The van der Waals surface area contributed by atoms with Crippen molar-refractivity contribution in [2.75, 3.05) is 5.32 Å². The summed E-state index contributed by atoms with van der Waals surface area (Å²) in [7, 11) is 0. The van der Waals surface area contributed by atoms with Crippen LogP contribution >= 0.6 is 15.9 Å². The quantitative estimate of drug-likeness (QED) is 0.861. The number of urea groups is 1. The van der Waals surface area contributed by atoms with Gasteiger partial charge in [-0.25, -0.2) is 9.18 Å². The molecule has 0 aromatic heterocycles. The molecule has 0 saturated heterocycles. The lowest BCUT2D eigenvalue weighted by Crippen LogP contribution is -2.39. The molecule has 1 rings (SSSR count). The van der Waals surface area contributed by atoms with Crippen LogP contribution in [-0.2, 0) is 0 Å². The van der Waals surface area contributed by atoms with E-state index in [2.05, 4.69) is 40.4 Å². The molecule has 1 aromatic rings. The van der Waals surface area contributed by atoms with Gasteiger partial charge in [-0.15, -0.1) is 0 Å². The van der Waals surface area contributed by atoms with Gasteiger partial charge in [0.25, 0.3) is 0 Å². The SMILES string of the molecule is CC[C@H](C)[C@H](C)NC(=O)Nc1ccc(Br)cc1F. The van der Waals surface area contributed by atoms with Gasteiger partial charge >= 0.3 is 6.03 Å². The summed E-state index contributed by atoms with van der Waals surface area (Å²) in [5.74, 6) is -0.0822. The first-order valence-electron chi connectivity index (χ1n) is 5.96. The second-order valence-electron chi connectivity index (χ2n) is 4.40. The van der Waals surface area contributed by atoms with Crippen LogP contribution in [0, 0.1) is 11.7 Å². The Morgan fingerprint density at radius 3 is 2.67 bits per heavy atom. The smallest absolute Gasteiger partial charge is 0.319 e. The van der Waals surface area contributed by atoms with Gasteiger partial charge in [0, 0.05) is 10.5 Å². The summed E-state index contributed by atoms with van der Waals surface area (Å²) in [6.07, 6.45) is 0.980. The van der Waals surface area contributed by atoms with Crippen LogP contribution < -0.4 is 10.6 Å². The third-order valence-electron chi connectivity index (χ3n) is 3.04. The third kappa shape index (κ3) is 4.29. The summed E-state index contributed by atoms with van der Waals surface area (Å²) in [5.41, 5.74) is 0.173. The fourth-order valence-corrected chi connectivity index (χ4v) is 1.78. The molecule has 0 aliphatic carbocycles. The number of amides is 2. The Balaban J connectivity index is 2.59. The molecule has 0 aliphatic heterocycles. The minimum Gasteiger partial charge on any atom is -0.335 e. The van der Waals surface area contributed by atoms with Crippen LogP contribution in [0.15, 0.2) is 22.7 Å². The molecule has 0 radical (unpaired) electrons. The number of carbonyl (C=O) groups excluding carboxylic acids is 1. The van der Waals surface area contributed by atoms with Crippen LogP contribution in [0.5, 0.6) is 0 Å². The van der Waals surface area contributed by atoms with Gasteiger partial charge in [0.2, 0.25) is 0 Å². The lowest BCUT2D eigenvalue weighted by molar-refractivity contribution is 0.244. The summed E-state index contributed by atoms with van der Waals surface area (Å²) in [6.45, 7) is 6.06. The van der Waals surface area contributed by atoms with E-state index in [9.17, 15) is 9.18 Å². The van der Waals surface area contributed by atoms with Crippen LogP contribution in [0.2, 0.25) is 0 Å². The zero-order valence-corrected chi connectivity index (χ0v) is 12.3. The van der Waals surface area contributed by atoms with Gasteiger partial charge < -0.3 is 10.6 Å². The highest BCUT2D eigenvalue weighted by atomic mass is 79.9. The van der Waals surface area contributed by atoms with E-state index in [-0.39, 0.29) is 17.8 Å². The summed E-state index contributed by atoms with van der Waals surface area (Å²) >= 11 is 3.16. The standard InChI is InChI=1S/C13H18BrFN2O/c1-4-8(2)9(3)16-13(18)17-12-6-5-10(14)7-11(12)15/h5-9H,4H2,1-3H3,(H2,16,17,18)/t8-,9-/m0/s1. The molecule has 5 heteroatoms. The number of hydrogen-bond donors (Lipinski definition) is 2. The molecular weight excluding hydrogens is 299 g/mol. The number of halogens is 2. The van der Waals surface area contributed by atoms with Crippen LogP contribution in [-0.4, -0.2) is 12.1 Å². The van der Waals surface area contributed by atoms with Gasteiger partial charge in [-0.3, -0.25) is 0 Å². The molecule has 3 nitrogen and oxygen atoms in total. The molecule has 0 spiro atoms. The number of carbonyl (C=O) groups is 1. The van der Waals surface area contributed by atoms with Gasteiger partial charge in [0.05, 0.1) is 5.69 Å². The Morgan fingerprint density at radius 1 is 1.44 bits per heavy atom. The molecule has 0 aliphatic rings. The highest BCUT2D eigenvalue weighted by Gasteiger charge is 2.14. The van der Waals surface area contributed by atoms with Crippen molar-refractivity contribution in [3.05, 3.63) is 28.5 Å². The molecule has 0 unspecified atom stereocenters. The van der Waals surface area contributed by atoms with E-state index in [0.717, 1.165) is 6.42 Å². The molecule has 0 saturated carbocycles. The average molecular weight is 317 g/mol. The first-order chi connectivity index (χ1) is 8.43. The van der Waals surface area contributed by atoms with Gasteiger partial charge in [-0.1, -0.05) is 36.2 Å². The van der Waals surface area contributed by atoms with Crippen molar-refractivity contribution in [1.29, 1.82) is 0 Å². The second-order valence-corrected chi connectivity index (χ2v) is 5.31. The van der Waals surface area contributed by atoms with Crippen LogP contribution in [0.25, 0.3) is 0 Å². The predicted octanol–water partition coefficient (Wildman–Crippen LogP) is 4.14. The Labute approximate surface area is 115 Å². The molecule has 0 heterocycles. The van der Waals surface area contributed by atoms with E-state index in [1.165, 1.54) is 12.1 Å². The van der Waals surface area contributed by atoms with E-state index in [4.69, 9.17) is 0 Å². The first-order valence-corrected chi connectivity index (χ1v) is 6.76. The van der Waals surface area contributed by atoms with E-state index >= 15 is 0 Å². The average Bonchev–Trinajstić information content (AvgIpc) is 2.31. The molecule has 2 amide bonds. The van der Waals surface area contributed by atoms with Crippen molar-refractivity contribution >= 4 is 27.6 Å². The summed E-state index contributed by atoms with van der Waals surface area (Å²) in [6, 6.07) is 4.18. The van der Waals surface area contributed by atoms with Crippen molar-refractivity contribution in [3.8, 4) is 0 Å². The van der Waals surface area contributed by atoms with Crippen LogP contribution in [0.3, 0.4) is 0 Å². The predicted molar refractivity (Wildman–Crippen MR) is 75.2 cm³/mol. The van der Waals surface area contributed by atoms with Gasteiger partial charge in [-0.05, 0) is 31.0 Å². The highest BCUT2D eigenvalue weighted by Crippen LogP contribution is 2.19. The van der Waals surface area contributed by atoms with Crippen LogP contribution in [0.4, 0.5) is 14.9 Å². The second kappa shape index (κ2) is 6.73. The van der Waals surface area contributed by atoms with Crippen molar-refractivity contribution in [3.63, 3.8) is 0 Å². The normalized spacial score (nSPS) is 13.8. The maximum atomic E-state index is 13.5. The molecule has 0 fully saturated rings. The lowest BCUT2D eigenvalue weighted by atomic mass is 10.0. The van der Waals surface area contributed by atoms with Crippen molar-refractivity contribution < 1.29 is 9.18 Å². The number of benzene rings is 1. The number of anilines is 1. The lowest BCUT2D eigenvalue weighted by Gasteiger charge is -2.20. The van der Waals surface area contributed by atoms with Gasteiger partial charge in [0.15, 0.2) is 0 Å². The monoisotopic (exact) mass is 316 g/mol. The van der Waals surface area contributed by atoms with E-state index < -0.39 is 5.82 Å². The Hall–Kier alpha value is -1.10. The van der Waals surface area contributed by atoms with Crippen molar-refractivity contribution in [2.24, 2.45) is 5.92 Å². The Bertz CT molecular complexity index is 425. The summed E-state index contributed by atoms with van der Waals surface area (Å²) in [5, 5.41) is 5.29. The summed E-state index contributed by atoms with van der Waals surface area (Å²) < 4.78 is 14.1. The minimum atomic E-state index is -0.462. The maximum absolute atomic E-state index is 13.5. The summed E-state index contributed by atoms with van der Waals surface area (Å²) in [4.78, 5) is 11.7. The van der Waals surface area contributed by atoms with E-state index in [0.29, 0.717) is 10.4 Å². The zero-order chi connectivity index (χ0) is 13.7. The maximum Gasteiger partial charge on any atom is 0.319 e. The van der Waals surface area contributed by atoms with E-state index in [1.54, 1.807) is 6.07 Å². The molecule has 2 N–H and O–H groups in total. The van der Waals surface area contributed by atoms with Gasteiger partial charge in [0.1, 0.15) is 5.82 Å². The molecule has 1 aromatic carbocycles. The van der Waals surface area contributed by atoms with Crippen molar-refractivity contribution in [1.82, 2.24) is 5.32 Å². The molecule has 2 atom stereocenters. The fourth-order valence-electron chi connectivity index (χ4n) is 1.45. The third-order valence-corrected chi connectivity index (χ3v) is 3.53. The number of hydrogen-bond acceptors (Lipinski definition) is 1. The molecule has 100 valence electrons. The minimum absolute atomic E-state index is 0.0495. The highest BCUT2D eigenvalue weighted by molar-refractivity contribution is 9.10. The zero-order valence-electron chi connectivity index (χ0n) is 10.8. The van der Waals surface area contributed by atoms with Gasteiger partial charge in [-0.2, -0.15) is 0 Å². The first kappa shape index (κ1) is 15.0. The van der Waals surface area contributed by atoms with Crippen LogP contribution in [0.1, 0.15) is 27.2 Å². The molecular formula is C13H18BrFN2O.